The van der Waals surface area contributed by atoms with Crippen molar-refractivity contribution in [1.82, 2.24) is 5.32 Å². The minimum absolute atomic E-state index is 0.0231. The summed E-state index contributed by atoms with van der Waals surface area (Å²) in [4.78, 5) is 39.3. The molecule has 0 spiro atoms. The van der Waals surface area contributed by atoms with Gasteiger partial charge in [0.15, 0.2) is 0 Å². The van der Waals surface area contributed by atoms with E-state index in [2.05, 4.69) is 11.1 Å². The van der Waals surface area contributed by atoms with Crippen LogP contribution in [-0.2, 0) is 19.2 Å². The lowest BCUT2D eigenvalue weighted by molar-refractivity contribution is -0.140. The Hall–Kier alpha value is -2.24. The van der Waals surface area contributed by atoms with E-state index in [0.29, 0.717) is 0 Å². The summed E-state index contributed by atoms with van der Waals surface area (Å²) >= 11 is 0. The number of nitrogens with one attached hydrogen (secondary N) is 1. The summed E-state index contributed by atoms with van der Waals surface area (Å²) < 4.78 is 0. The van der Waals surface area contributed by atoms with Crippen LogP contribution in [0.1, 0.15) is 25.7 Å². The van der Waals surface area contributed by atoms with E-state index >= 15 is 0 Å². The summed E-state index contributed by atoms with van der Waals surface area (Å²) in [6.45, 7) is 0.580. The van der Waals surface area contributed by atoms with Crippen molar-refractivity contribution in [2.75, 3.05) is 13.1 Å². The smallest absolute Gasteiger partial charge is 0.320 e. The SMILES string of the molecule is NC(CCC(=O)O)C(=O)O.NCC(=O)O.O=C(O)[C@@H]1CCCN1. The van der Waals surface area contributed by atoms with Gasteiger partial charge in [0.25, 0.3) is 0 Å². The number of carboxylic acid groups (broad SMARTS) is 4. The van der Waals surface area contributed by atoms with Gasteiger partial charge in [-0.05, 0) is 25.8 Å². The van der Waals surface area contributed by atoms with Crippen molar-refractivity contribution in [3.8, 4) is 0 Å². The molecule has 134 valence electrons. The molecule has 23 heavy (non-hydrogen) atoms. The van der Waals surface area contributed by atoms with E-state index in [9.17, 15) is 19.2 Å². The fraction of sp³-hybridized carbons (Fsp3) is 0.667. The van der Waals surface area contributed by atoms with Gasteiger partial charge in [-0.3, -0.25) is 19.2 Å². The number of hydrogen-bond donors (Lipinski definition) is 7. The third kappa shape index (κ3) is 16.0. The molecule has 1 aliphatic heterocycles. The highest BCUT2D eigenvalue weighted by molar-refractivity contribution is 5.74. The van der Waals surface area contributed by atoms with Gasteiger partial charge >= 0.3 is 23.9 Å². The minimum Gasteiger partial charge on any atom is -0.481 e. The van der Waals surface area contributed by atoms with Gasteiger partial charge in [0, 0.05) is 6.42 Å². The summed E-state index contributed by atoms with van der Waals surface area (Å²) in [7, 11) is 0. The molecule has 2 atom stereocenters. The van der Waals surface area contributed by atoms with Gasteiger partial charge in [0.05, 0.1) is 6.54 Å². The van der Waals surface area contributed by atoms with Crippen molar-refractivity contribution >= 4 is 23.9 Å². The predicted octanol–water partition coefficient (Wildman–Crippen LogP) is -1.88. The average Bonchev–Trinajstić information content (AvgIpc) is 3.00. The Morgan fingerprint density at radius 3 is 1.83 bits per heavy atom. The maximum atomic E-state index is 10.1. The first kappa shape index (κ1) is 23.0. The van der Waals surface area contributed by atoms with E-state index in [1.54, 1.807) is 0 Å². The van der Waals surface area contributed by atoms with Gasteiger partial charge in [0.1, 0.15) is 12.1 Å². The van der Waals surface area contributed by atoms with Crippen molar-refractivity contribution in [2.45, 2.75) is 37.8 Å². The molecule has 0 radical (unpaired) electrons. The van der Waals surface area contributed by atoms with Crippen LogP contribution in [0.5, 0.6) is 0 Å². The molecule has 0 amide bonds. The summed E-state index contributed by atoms with van der Waals surface area (Å²) in [6, 6.07) is -1.33. The van der Waals surface area contributed by atoms with Crippen molar-refractivity contribution in [1.29, 1.82) is 0 Å². The van der Waals surface area contributed by atoms with Gasteiger partial charge in [-0.1, -0.05) is 0 Å². The van der Waals surface area contributed by atoms with E-state index in [-0.39, 0.29) is 25.4 Å². The molecule has 1 heterocycles. The normalized spacial score (nSPS) is 16.9. The Morgan fingerprint density at radius 2 is 1.61 bits per heavy atom. The van der Waals surface area contributed by atoms with E-state index in [4.69, 9.17) is 26.2 Å². The molecule has 0 aliphatic carbocycles. The molecule has 0 bridgehead atoms. The third-order valence-electron chi connectivity index (χ3n) is 2.52. The number of carbonyl (C=O) groups is 4. The molecule has 1 fully saturated rings. The van der Waals surface area contributed by atoms with Crippen molar-refractivity contribution < 1.29 is 39.6 Å². The predicted molar refractivity (Wildman–Crippen MR) is 77.8 cm³/mol. The highest BCUT2D eigenvalue weighted by Crippen LogP contribution is 2.03. The lowest BCUT2D eigenvalue weighted by Crippen LogP contribution is -2.30. The largest absolute Gasteiger partial charge is 0.481 e. The molecule has 1 saturated heterocycles. The fourth-order valence-electron chi connectivity index (χ4n) is 1.30. The topological polar surface area (TPSA) is 213 Å². The number of rotatable bonds is 6. The Balaban J connectivity index is 0. The summed E-state index contributed by atoms with van der Waals surface area (Å²) in [5.74, 6) is -3.88. The zero-order valence-corrected chi connectivity index (χ0v) is 12.5. The quantitative estimate of drug-likeness (QED) is 0.284. The van der Waals surface area contributed by atoms with Crippen LogP contribution in [0, 0.1) is 0 Å². The fourth-order valence-corrected chi connectivity index (χ4v) is 1.30. The summed E-state index contributed by atoms with van der Waals surface area (Å²) in [5.41, 5.74) is 9.57. The van der Waals surface area contributed by atoms with Crippen LogP contribution in [0.3, 0.4) is 0 Å². The van der Waals surface area contributed by atoms with E-state index < -0.39 is 29.9 Å². The molecule has 0 saturated carbocycles. The van der Waals surface area contributed by atoms with E-state index in [0.717, 1.165) is 19.4 Å². The summed E-state index contributed by atoms with van der Waals surface area (Å²) in [5, 5.41) is 35.1. The molecule has 1 aliphatic rings. The minimum atomic E-state index is -1.17. The van der Waals surface area contributed by atoms with Gasteiger partial charge in [-0.25, -0.2) is 0 Å². The molecule has 0 aromatic carbocycles. The van der Waals surface area contributed by atoms with Crippen molar-refractivity contribution in [3.05, 3.63) is 0 Å². The van der Waals surface area contributed by atoms with Crippen LogP contribution < -0.4 is 16.8 Å². The van der Waals surface area contributed by atoms with Crippen LogP contribution >= 0.6 is 0 Å². The number of aliphatic carboxylic acids is 4. The maximum absolute atomic E-state index is 10.1. The van der Waals surface area contributed by atoms with Crippen LogP contribution in [0.15, 0.2) is 0 Å². The lowest BCUT2D eigenvalue weighted by Gasteiger charge is -2.01. The van der Waals surface area contributed by atoms with Crippen molar-refractivity contribution in [3.63, 3.8) is 0 Å². The van der Waals surface area contributed by atoms with E-state index in [1.165, 1.54) is 0 Å². The standard InChI is InChI=1S/C5H9NO4.C5H9NO2.C2H5NO2/c6-3(5(9)10)1-2-4(7)8;7-5(8)4-2-1-3-6-4;3-1-2(4)5/h3H,1-2,6H2,(H,7,8)(H,9,10);4,6H,1-3H2,(H,7,8);1,3H2,(H,4,5)/t;4-;/m.0./s1. The van der Waals surface area contributed by atoms with Crippen LogP contribution in [0.2, 0.25) is 0 Å². The lowest BCUT2D eigenvalue weighted by atomic mass is 10.2. The molecule has 9 N–H and O–H groups in total. The molecule has 0 aromatic heterocycles. The van der Waals surface area contributed by atoms with Gasteiger partial charge in [0.2, 0.25) is 0 Å². The van der Waals surface area contributed by atoms with Crippen LogP contribution in [0.4, 0.5) is 0 Å². The molecule has 0 aromatic rings. The number of nitrogens with two attached hydrogens (primary N) is 2. The third-order valence-corrected chi connectivity index (χ3v) is 2.52. The average molecular weight is 337 g/mol. The maximum Gasteiger partial charge on any atom is 0.320 e. The highest BCUT2D eigenvalue weighted by atomic mass is 16.4. The van der Waals surface area contributed by atoms with Crippen LogP contribution in [-0.4, -0.2) is 69.5 Å². The summed E-state index contributed by atoms with van der Waals surface area (Å²) in [6.07, 6.45) is 1.56. The number of carboxylic acids is 4. The zero-order chi connectivity index (χ0) is 18.4. The first-order chi connectivity index (χ1) is 10.6. The molecular formula is C12H23N3O8. The van der Waals surface area contributed by atoms with Gasteiger partial charge in [-0.15, -0.1) is 0 Å². The second-order valence-corrected chi connectivity index (χ2v) is 4.46. The molecular weight excluding hydrogens is 314 g/mol. The van der Waals surface area contributed by atoms with Crippen LogP contribution in [0.25, 0.3) is 0 Å². The first-order valence-corrected chi connectivity index (χ1v) is 6.70. The van der Waals surface area contributed by atoms with Gasteiger partial charge < -0.3 is 37.2 Å². The van der Waals surface area contributed by atoms with Crippen molar-refractivity contribution in [2.24, 2.45) is 11.5 Å². The molecule has 11 nitrogen and oxygen atoms in total. The first-order valence-electron chi connectivity index (χ1n) is 6.70. The Kier molecular flexibility index (Phi) is 13.4. The second kappa shape index (κ2) is 13.4. The second-order valence-electron chi connectivity index (χ2n) is 4.46. The Morgan fingerprint density at radius 1 is 1.09 bits per heavy atom. The molecule has 11 heteroatoms. The van der Waals surface area contributed by atoms with E-state index in [1.807, 2.05) is 0 Å². The number of hydrogen-bond acceptors (Lipinski definition) is 7. The zero-order valence-electron chi connectivity index (χ0n) is 12.5. The molecule has 1 unspecified atom stereocenters. The highest BCUT2D eigenvalue weighted by Gasteiger charge is 2.20. The monoisotopic (exact) mass is 337 g/mol. The van der Waals surface area contributed by atoms with Gasteiger partial charge in [-0.2, -0.15) is 0 Å². The Bertz CT molecular complexity index is 396. The Labute approximate surface area is 132 Å². The molecule has 1 rings (SSSR count).